The van der Waals surface area contributed by atoms with Crippen LogP contribution in [0.15, 0.2) is 0 Å². The van der Waals surface area contributed by atoms with E-state index in [0.717, 1.165) is 0 Å². The number of aliphatic hydroxyl groups is 1. The monoisotopic (exact) mass is 132 g/mol. The molecule has 0 rings (SSSR count). The van der Waals surface area contributed by atoms with Crippen LogP contribution in [0.1, 0.15) is 20.3 Å². The molecular weight excluding hydrogens is 120 g/mol. The van der Waals surface area contributed by atoms with E-state index in [-0.39, 0.29) is 12.3 Å². The van der Waals surface area contributed by atoms with Gasteiger partial charge in [-0.1, -0.05) is 0 Å². The Morgan fingerprint density at radius 1 is 1.78 bits per heavy atom. The Bertz CT molecular complexity index is 106. The van der Waals surface area contributed by atoms with E-state index >= 15 is 0 Å². The summed E-state index contributed by atoms with van der Waals surface area (Å²) in [5.41, 5.74) is 0.954. The summed E-state index contributed by atoms with van der Waals surface area (Å²) in [7, 11) is 0. The predicted molar refractivity (Wildman–Crippen MR) is 33.2 cm³/mol. The fraction of sp³-hybridized carbons (Fsp3) is 0.800. The van der Waals surface area contributed by atoms with E-state index in [1.807, 2.05) is 5.43 Å². The van der Waals surface area contributed by atoms with Crippen LogP contribution in [-0.4, -0.2) is 16.6 Å². The second-order valence-corrected chi connectivity index (χ2v) is 2.56. The van der Waals surface area contributed by atoms with Gasteiger partial charge >= 0.3 is 0 Å². The molecule has 0 aliphatic carbocycles. The molecule has 9 heavy (non-hydrogen) atoms. The number of carbonyl (C=O) groups excluding carboxylic acids is 1. The lowest BCUT2D eigenvalue weighted by atomic mass is 10.1. The Morgan fingerprint density at radius 3 is 2.33 bits per heavy atom. The first-order chi connectivity index (χ1) is 3.95. The van der Waals surface area contributed by atoms with Gasteiger partial charge in [0.2, 0.25) is 5.91 Å². The molecule has 0 aliphatic heterocycles. The zero-order valence-electron chi connectivity index (χ0n) is 5.64. The molecule has 0 aliphatic rings. The van der Waals surface area contributed by atoms with Crippen LogP contribution in [0.5, 0.6) is 0 Å². The van der Waals surface area contributed by atoms with Gasteiger partial charge in [0.05, 0.1) is 12.0 Å². The Labute approximate surface area is 54.0 Å². The van der Waals surface area contributed by atoms with Crippen molar-refractivity contribution in [1.82, 2.24) is 5.43 Å². The molecule has 4 heteroatoms. The van der Waals surface area contributed by atoms with Crippen molar-refractivity contribution in [2.45, 2.75) is 25.9 Å². The molecule has 0 heterocycles. The molecule has 0 bridgehead atoms. The number of nitrogens with one attached hydrogen (secondary N) is 1. The van der Waals surface area contributed by atoms with Gasteiger partial charge in [0, 0.05) is 0 Å². The first-order valence-electron chi connectivity index (χ1n) is 2.67. The van der Waals surface area contributed by atoms with Crippen LogP contribution in [-0.2, 0) is 4.79 Å². The van der Waals surface area contributed by atoms with Crippen molar-refractivity contribution in [2.24, 2.45) is 5.84 Å². The summed E-state index contributed by atoms with van der Waals surface area (Å²) in [4.78, 5) is 10.4. The topological polar surface area (TPSA) is 75.3 Å². The van der Waals surface area contributed by atoms with Crippen molar-refractivity contribution in [3.05, 3.63) is 0 Å². The Hall–Kier alpha value is -0.610. The SMILES string of the molecule is CC(C)(O)CC(=O)NN. The van der Waals surface area contributed by atoms with Crippen LogP contribution < -0.4 is 11.3 Å². The molecule has 4 N–H and O–H groups in total. The summed E-state index contributed by atoms with van der Waals surface area (Å²) in [6.45, 7) is 3.09. The number of rotatable bonds is 2. The van der Waals surface area contributed by atoms with Gasteiger partial charge in [-0.2, -0.15) is 0 Å². The first-order valence-corrected chi connectivity index (χ1v) is 2.67. The minimum atomic E-state index is -0.969. The van der Waals surface area contributed by atoms with E-state index in [9.17, 15) is 4.79 Å². The van der Waals surface area contributed by atoms with Crippen LogP contribution in [0.25, 0.3) is 0 Å². The van der Waals surface area contributed by atoms with Crippen molar-refractivity contribution in [1.29, 1.82) is 0 Å². The molecule has 0 aromatic rings. The lowest BCUT2D eigenvalue weighted by molar-refractivity contribution is -0.124. The largest absolute Gasteiger partial charge is 0.390 e. The summed E-state index contributed by atoms with van der Waals surface area (Å²) in [6.07, 6.45) is 0.0312. The lowest BCUT2D eigenvalue weighted by Crippen LogP contribution is -2.36. The molecule has 0 fully saturated rings. The highest BCUT2D eigenvalue weighted by Gasteiger charge is 2.16. The van der Waals surface area contributed by atoms with Gasteiger partial charge in [-0.15, -0.1) is 0 Å². The van der Waals surface area contributed by atoms with E-state index in [1.54, 1.807) is 13.8 Å². The first kappa shape index (κ1) is 8.39. The number of hydrogen-bond donors (Lipinski definition) is 3. The van der Waals surface area contributed by atoms with Gasteiger partial charge < -0.3 is 5.11 Å². The molecule has 4 nitrogen and oxygen atoms in total. The Kier molecular flexibility index (Phi) is 2.61. The molecule has 1 amide bonds. The molecule has 54 valence electrons. The second-order valence-electron chi connectivity index (χ2n) is 2.56. The summed E-state index contributed by atoms with van der Waals surface area (Å²) in [5.74, 6) is 4.41. The van der Waals surface area contributed by atoms with E-state index < -0.39 is 5.60 Å². The summed E-state index contributed by atoms with van der Waals surface area (Å²) >= 11 is 0. The molecule has 0 aromatic heterocycles. The van der Waals surface area contributed by atoms with Gasteiger partial charge in [-0.05, 0) is 13.8 Å². The van der Waals surface area contributed by atoms with Crippen LogP contribution in [0.3, 0.4) is 0 Å². The third kappa shape index (κ3) is 5.26. The highest BCUT2D eigenvalue weighted by atomic mass is 16.3. The molecule has 0 unspecified atom stereocenters. The number of hydrazine groups is 1. The number of hydrogen-bond acceptors (Lipinski definition) is 3. The van der Waals surface area contributed by atoms with E-state index in [2.05, 4.69) is 0 Å². The third-order valence-electron chi connectivity index (χ3n) is 0.754. The average molecular weight is 132 g/mol. The van der Waals surface area contributed by atoms with Crippen molar-refractivity contribution < 1.29 is 9.90 Å². The standard InChI is InChI=1S/C5H12N2O2/c1-5(2,9)3-4(8)7-6/h9H,3,6H2,1-2H3,(H,7,8). The van der Waals surface area contributed by atoms with E-state index in [0.29, 0.717) is 0 Å². The molecule has 0 saturated heterocycles. The third-order valence-corrected chi connectivity index (χ3v) is 0.754. The zero-order chi connectivity index (χ0) is 7.49. The highest BCUT2D eigenvalue weighted by Crippen LogP contribution is 2.05. The van der Waals surface area contributed by atoms with Gasteiger partial charge in [0.25, 0.3) is 0 Å². The van der Waals surface area contributed by atoms with Crippen molar-refractivity contribution in [3.8, 4) is 0 Å². The van der Waals surface area contributed by atoms with Crippen molar-refractivity contribution in [3.63, 3.8) is 0 Å². The van der Waals surface area contributed by atoms with Gasteiger partial charge in [0.15, 0.2) is 0 Å². The van der Waals surface area contributed by atoms with Crippen LogP contribution >= 0.6 is 0 Å². The minimum Gasteiger partial charge on any atom is -0.390 e. The summed E-state index contributed by atoms with van der Waals surface area (Å²) < 4.78 is 0. The summed E-state index contributed by atoms with van der Waals surface area (Å²) in [5, 5.41) is 9.00. The average Bonchev–Trinajstić information content (AvgIpc) is 1.62. The zero-order valence-corrected chi connectivity index (χ0v) is 5.64. The molecule has 0 aromatic carbocycles. The number of nitrogens with two attached hydrogens (primary N) is 1. The van der Waals surface area contributed by atoms with Crippen LogP contribution in [0, 0.1) is 0 Å². The van der Waals surface area contributed by atoms with Gasteiger partial charge in [-0.3, -0.25) is 10.2 Å². The Morgan fingerprint density at radius 2 is 2.22 bits per heavy atom. The fourth-order valence-corrected chi connectivity index (χ4v) is 0.444. The van der Waals surface area contributed by atoms with Gasteiger partial charge in [-0.25, -0.2) is 5.84 Å². The number of carbonyl (C=O) groups is 1. The van der Waals surface area contributed by atoms with Crippen molar-refractivity contribution in [2.75, 3.05) is 0 Å². The normalized spacial score (nSPS) is 11.1. The van der Waals surface area contributed by atoms with Crippen LogP contribution in [0.2, 0.25) is 0 Å². The molecule has 0 radical (unpaired) electrons. The fourth-order valence-electron chi connectivity index (χ4n) is 0.444. The molecule has 0 atom stereocenters. The van der Waals surface area contributed by atoms with Crippen molar-refractivity contribution >= 4 is 5.91 Å². The molecule has 0 spiro atoms. The second kappa shape index (κ2) is 2.80. The Balaban J connectivity index is 3.60. The van der Waals surface area contributed by atoms with Crippen LogP contribution in [0.4, 0.5) is 0 Å². The maximum atomic E-state index is 10.4. The highest BCUT2D eigenvalue weighted by molar-refractivity contribution is 5.76. The predicted octanol–water partition coefficient (Wildman–Crippen LogP) is -0.863. The van der Waals surface area contributed by atoms with E-state index in [4.69, 9.17) is 10.9 Å². The quantitative estimate of drug-likeness (QED) is 0.260. The smallest absolute Gasteiger partial charge is 0.236 e. The number of amides is 1. The lowest BCUT2D eigenvalue weighted by Gasteiger charge is -2.14. The maximum absolute atomic E-state index is 10.4. The maximum Gasteiger partial charge on any atom is 0.236 e. The van der Waals surface area contributed by atoms with Gasteiger partial charge in [0.1, 0.15) is 0 Å². The minimum absolute atomic E-state index is 0.0312. The molecular formula is C5H12N2O2. The van der Waals surface area contributed by atoms with E-state index in [1.165, 1.54) is 0 Å². The molecule has 0 saturated carbocycles. The summed E-state index contributed by atoms with van der Waals surface area (Å²) in [6, 6.07) is 0.